The third-order valence-electron chi connectivity index (χ3n) is 6.93. The van der Waals surface area contributed by atoms with Crippen molar-refractivity contribution in [3.8, 4) is 11.1 Å². The van der Waals surface area contributed by atoms with Crippen molar-refractivity contribution in [3.05, 3.63) is 89.6 Å². The predicted octanol–water partition coefficient (Wildman–Crippen LogP) is 5.55. The van der Waals surface area contributed by atoms with Crippen molar-refractivity contribution in [1.29, 1.82) is 0 Å². The molecule has 2 unspecified atom stereocenters. The summed E-state index contributed by atoms with van der Waals surface area (Å²) >= 11 is 6.09. The molecule has 2 saturated heterocycles. The van der Waals surface area contributed by atoms with Gasteiger partial charge in [0.05, 0.1) is 17.2 Å². The number of rotatable bonds is 3. The van der Waals surface area contributed by atoms with Gasteiger partial charge in [0.25, 0.3) is 5.91 Å². The van der Waals surface area contributed by atoms with Gasteiger partial charge in [0.2, 0.25) is 0 Å². The molecule has 2 fully saturated rings. The van der Waals surface area contributed by atoms with Gasteiger partial charge in [-0.1, -0.05) is 60.1 Å². The topological polar surface area (TPSA) is 49.3 Å². The Bertz CT molecular complexity index is 1350. The molecule has 6 heteroatoms. The maximum Gasteiger partial charge on any atom is 0.254 e. The van der Waals surface area contributed by atoms with E-state index in [0.29, 0.717) is 16.9 Å². The largest absolute Gasteiger partial charge is 0.355 e. The highest BCUT2D eigenvalue weighted by Crippen LogP contribution is 2.33. The lowest BCUT2D eigenvalue weighted by molar-refractivity contribution is 0.0565. The predicted molar refractivity (Wildman–Crippen MR) is 136 cm³/mol. The first kappa shape index (κ1) is 21.1. The molecule has 2 aliphatic heterocycles. The van der Waals surface area contributed by atoms with Crippen molar-refractivity contribution in [2.75, 3.05) is 31.1 Å². The fraction of sp³-hybridized carbons (Fsp3) is 0.250. The van der Waals surface area contributed by atoms with E-state index < -0.39 is 0 Å². The van der Waals surface area contributed by atoms with Crippen LogP contribution in [0.4, 0.5) is 5.82 Å². The number of fused-ring (bicyclic) bond motifs is 3. The lowest BCUT2D eigenvalue weighted by Crippen LogP contribution is -2.54. The van der Waals surface area contributed by atoms with E-state index in [-0.39, 0.29) is 5.91 Å². The highest BCUT2D eigenvalue weighted by atomic mass is 35.5. The number of likely N-dealkylation sites (tertiary alicyclic amines) is 1. The van der Waals surface area contributed by atoms with Crippen LogP contribution in [0, 0.1) is 11.8 Å². The first-order chi connectivity index (χ1) is 16.6. The molecule has 0 spiro atoms. The van der Waals surface area contributed by atoms with Crippen LogP contribution in [0.15, 0.2) is 79.0 Å². The van der Waals surface area contributed by atoms with Crippen LogP contribution in [0.2, 0.25) is 5.02 Å². The van der Waals surface area contributed by atoms with Gasteiger partial charge in [-0.05, 0) is 53.6 Å². The van der Waals surface area contributed by atoms with Crippen molar-refractivity contribution < 1.29 is 4.79 Å². The highest BCUT2D eigenvalue weighted by molar-refractivity contribution is 6.31. The molecule has 6 rings (SSSR count). The third kappa shape index (κ3) is 4.01. The molecule has 1 amide bonds. The van der Waals surface area contributed by atoms with E-state index in [1.807, 2.05) is 66.9 Å². The molecular weight excluding hydrogens is 444 g/mol. The molecule has 5 nitrogen and oxygen atoms in total. The summed E-state index contributed by atoms with van der Waals surface area (Å²) in [5.41, 5.74) is 4.52. The second kappa shape index (κ2) is 8.73. The number of hydrogen-bond donors (Lipinski definition) is 0. The summed E-state index contributed by atoms with van der Waals surface area (Å²) in [5, 5.41) is 0.667. The fourth-order valence-electron chi connectivity index (χ4n) is 5.47. The van der Waals surface area contributed by atoms with E-state index in [1.54, 1.807) is 0 Å². The number of carbonyl (C=O) groups is 1. The van der Waals surface area contributed by atoms with Crippen LogP contribution in [-0.2, 0) is 0 Å². The second-order valence-electron chi connectivity index (χ2n) is 9.36. The lowest BCUT2D eigenvalue weighted by Gasteiger charge is -2.46. The zero-order valence-corrected chi connectivity index (χ0v) is 19.5. The number of aromatic nitrogens is 2. The smallest absolute Gasteiger partial charge is 0.254 e. The van der Waals surface area contributed by atoms with E-state index in [1.165, 1.54) is 0 Å². The minimum atomic E-state index is 0.130. The molecule has 170 valence electrons. The van der Waals surface area contributed by atoms with Crippen LogP contribution in [0.5, 0.6) is 0 Å². The van der Waals surface area contributed by atoms with Crippen LogP contribution in [-0.4, -0.2) is 47.0 Å². The minimum absolute atomic E-state index is 0.130. The zero-order chi connectivity index (χ0) is 23.1. The summed E-state index contributed by atoms with van der Waals surface area (Å²) in [6.45, 7) is 3.31. The summed E-state index contributed by atoms with van der Waals surface area (Å²) in [4.78, 5) is 27.4. The first-order valence-electron chi connectivity index (χ1n) is 11.7. The fourth-order valence-corrected chi connectivity index (χ4v) is 5.64. The molecule has 0 aliphatic carbocycles. The molecule has 0 saturated carbocycles. The Hall–Kier alpha value is -3.44. The average Bonchev–Trinajstić information content (AvgIpc) is 2.88. The van der Waals surface area contributed by atoms with Gasteiger partial charge in [-0.2, -0.15) is 0 Å². The summed E-state index contributed by atoms with van der Waals surface area (Å²) in [6.07, 6.45) is 3.00. The minimum Gasteiger partial charge on any atom is -0.355 e. The number of anilines is 1. The molecule has 3 aromatic carbocycles. The second-order valence-corrected chi connectivity index (χ2v) is 9.79. The maximum absolute atomic E-state index is 13.6. The third-order valence-corrected chi connectivity index (χ3v) is 7.16. The standard InChI is InChI=1S/C28H25ClN4O/c29-22-10-11-25-26(13-22)30-14-27(31-25)32-15-19-12-20(16-32)18-33(17-19)28(34)24-9-5-4-8-23(24)21-6-2-1-3-7-21/h1-11,13-14,19-20H,12,15-18H2. The molecule has 2 atom stereocenters. The number of halogens is 1. The molecule has 34 heavy (non-hydrogen) atoms. The van der Waals surface area contributed by atoms with Crippen LogP contribution in [0.3, 0.4) is 0 Å². The number of carbonyl (C=O) groups excluding carboxylic acids is 1. The van der Waals surface area contributed by atoms with Gasteiger partial charge < -0.3 is 9.80 Å². The van der Waals surface area contributed by atoms with Gasteiger partial charge in [0.15, 0.2) is 0 Å². The van der Waals surface area contributed by atoms with Crippen molar-refractivity contribution in [1.82, 2.24) is 14.9 Å². The molecule has 2 bridgehead atoms. The Kier molecular flexibility index (Phi) is 5.42. The van der Waals surface area contributed by atoms with E-state index in [2.05, 4.69) is 26.9 Å². The Morgan fingerprint density at radius 3 is 2.38 bits per heavy atom. The number of amides is 1. The number of nitrogens with zero attached hydrogens (tertiary/aromatic N) is 4. The molecule has 2 aliphatic rings. The number of piperidine rings is 2. The van der Waals surface area contributed by atoms with Crippen LogP contribution >= 0.6 is 11.6 Å². The van der Waals surface area contributed by atoms with Crippen LogP contribution in [0.25, 0.3) is 22.2 Å². The maximum atomic E-state index is 13.6. The van der Waals surface area contributed by atoms with Gasteiger partial charge in [-0.25, -0.2) is 4.98 Å². The molecule has 1 aromatic heterocycles. The van der Waals surface area contributed by atoms with Crippen LogP contribution < -0.4 is 4.90 Å². The van der Waals surface area contributed by atoms with Gasteiger partial charge in [-0.3, -0.25) is 9.78 Å². The Morgan fingerprint density at radius 2 is 1.59 bits per heavy atom. The molecule has 0 N–H and O–H groups in total. The van der Waals surface area contributed by atoms with Gasteiger partial charge >= 0.3 is 0 Å². The Balaban J connectivity index is 1.21. The van der Waals surface area contributed by atoms with Crippen molar-refractivity contribution in [3.63, 3.8) is 0 Å². The lowest BCUT2D eigenvalue weighted by atomic mass is 9.84. The first-order valence-corrected chi connectivity index (χ1v) is 12.1. The highest BCUT2D eigenvalue weighted by Gasteiger charge is 2.37. The number of benzene rings is 3. The summed E-state index contributed by atoms with van der Waals surface area (Å²) in [7, 11) is 0. The zero-order valence-electron chi connectivity index (χ0n) is 18.8. The van der Waals surface area contributed by atoms with Gasteiger partial charge in [0.1, 0.15) is 5.82 Å². The quantitative estimate of drug-likeness (QED) is 0.395. The molecule has 3 heterocycles. The summed E-state index contributed by atoms with van der Waals surface area (Å²) in [6, 6.07) is 23.7. The van der Waals surface area contributed by atoms with E-state index in [4.69, 9.17) is 16.6 Å². The Morgan fingerprint density at radius 1 is 0.853 bits per heavy atom. The van der Waals surface area contributed by atoms with E-state index in [0.717, 1.165) is 66.1 Å². The van der Waals surface area contributed by atoms with Gasteiger partial charge in [-0.15, -0.1) is 0 Å². The molecule has 4 aromatic rings. The molecule has 0 radical (unpaired) electrons. The van der Waals surface area contributed by atoms with Crippen molar-refractivity contribution in [2.24, 2.45) is 11.8 Å². The van der Waals surface area contributed by atoms with Crippen molar-refractivity contribution in [2.45, 2.75) is 6.42 Å². The number of hydrogen-bond acceptors (Lipinski definition) is 4. The molecular formula is C28H25ClN4O. The normalized spacial score (nSPS) is 19.9. The van der Waals surface area contributed by atoms with Crippen molar-refractivity contribution >= 4 is 34.4 Å². The average molecular weight is 469 g/mol. The SMILES string of the molecule is O=C(c1ccccc1-c1ccccc1)N1CC2CC(C1)CN(c1cnc3cc(Cl)ccc3n1)C2. The van der Waals surface area contributed by atoms with Gasteiger partial charge in [0, 0.05) is 36.8 Å². The van der Waals surface area contributed by atoms with Crippen LogP contribution in [0.1, 0.15) is 16.8 Å². The van der Waals surface area contributed by atoms with E-state index in [9.17, 15) is 4.79 Å². The monoisotopic (exact) mass is 468 g/mol. The summed E-state index contributed by atoms with van der Waals surface area (Å²) < 4.78 is 0. The summed E-state index contributed by atoms with van der Waals surface area (Å²) in [5.74, 6) is 1.87. The van der Waals surface area contributed by atoms with E-state index >= 15 is 0 Å². The Labute approximate surface area is 204 Å².